The van der Waals surface area contributed by atoms with Crippen molar-refractivity contribution in [2.24, 2.45) is 0 Å². The second-order valence-corrected chi connectivity index (χ2v) is 6.74. The van der Waals surface area contributed by atoms with E-state index in [-0.39, 0.29) is 10.7 Å². The number of nitrogens with two attached hydrogens (primary N) is 1. The van der Waals surface area contributed by atoms with Crippen molar-refractivity contribution in [3.05, 3.63) is 34.0 Å². The van der Waals surface area contributed by atoms with Crippen LogP contribution < -0.4 is 10.5 Å². The van der Waals surface area contributed by atoms with E-state index in [1.807, 2.05) is 19.1 Å². The third kappa shape index (κ3) is 3.18. The number of benzene rings is 1. The van der Waals surface area contributed by atoms with Crippen molar-refractivity contribution in [1.29, 1.82) is 0 Å². The monoisotopic (exact) mass is 392 g/mol. The van der Waals surface area contributed by atoms with Crippen LogP contribution >= 0.6 is 22.6 Å². The van der Waals surface area contributed by atoms with Crippen LogP contribution in [-0.4, -0.2) is 18.2 Å². The van der Waals surface area contributed by atoms with Gasteiger partial charge in [0.05, 0.1) is 0 Å². The second-order valence-electron chi connectivity index (χ2n) is 3.85. The van der Waals surface area contributed by atoms with Gasteiger partial charge in [-0.25, -0.2) is 8.42 Å². The quantitative estimate of drug-likeness (QED) is 0.778. The lowest BCUT2D eigenvalue weighted by Gasteiger charge is -2.06. The molecule has 1 aromatic carbocycles. The molecule has 19 heavy (non-hydrogen) atoms. The normalized spacial score (nSPS) is 11.5. The predicted molar refractivity (Wildman–Crippen MR) is 82.3 cm³/mol. The molecule has 0 aliphatic heterocycles. The van der Waals surface area contributed by atoms with Crippen LogP contribution in [0.1, 0.15) is 6.92 Å². The van der Waals surface area contributed by atoms with Crippen LogP contribution in [0.5, 0.6) is 0 Å². The van der Waals surface area contributed by atoms with Crippen LogP contribution in [0.2, 0.25) is 0 Å². The lowest BCUT2D eigenvalue weighted by atomic mass is 10.3. The molecule has 2 rings (SSSR count). The van der Waals surface area contributed by atoms with Crippen molar-refractivity contribution in [2.75, 3.05) is 10.5 Å². The Morgan fingerprint density at radius 3 is 2.53 bits per heavy atom. The summed E-state index contributed by atoms with van der Waals surface area (Å²) in [7, 11) is -3.71. The van der Waals surface area contributed by atoms with Gasteiger partial charge in [-0.1, -0.05) is 0 Å². The van der Waals surface area contributed by atoms with Crippen LogP contribution in [0.25, 0.3) is 0 Å². The van der Waals surface area contributed by atoms with Crippen LogP contribution in [0.4, 0.5) is 11.5 Å². The minimum atomic E-state index is -3.71. The van der Waals surface area contributed by atoms with E-state index < -0.39 is 10.0 Å². The zero-order valence-electron chi connectivity index (χ0n) is 10.2. The van der Waals surface area contributed by atoms with Crippen LogP contribution in [0.15, 0.2) is 35.4 Å². The fourth-order valence-corrected chi connectivity index (χ4v) is 3.01. The summed E-state index contributed by atoms with van der Waals surface area (Å²) in [4.78, 5) is -0.00657. The Labute approximate surface area is 125 Å². The maximum atomic E-state index is 12.2. The topological polar surface area (TPSA) is 90.0 Å². The summed E-state index contributed by atoms with van der Waals surface area (Å²) in [5, 5.41) is 3.93. The molecule has 102 valence electrons. The number of hydrogen-bond donors (Lipinski definition) is 2. The average Bonchev–Trinajstić information content (AvgIpc) is 2.74. The number of nitrogens with zero attached hydrogens (tertiary/aromatic N) is 2. The maximum Gasteiger partial charge on any atom is 0.267 e. The van der Waals surface area contributed by atoms with Gasteiger partial charge in [-0.15, -0.1) is 0 Å². The summed E-state index contributed by atoms with van der Waals surface area (Å²) in [5.41, 5.74) is 6.12. The maximum absolute atomic E-state index is 12.2. The van der Waals surface area contributed by atoms with Crippen molar-refractivity contribution in [3.8, 4) is 0 Å². The van der Waals surface area contributed by atoms with Crippen LogP contribution in [0, 0.1) is 3.57 Å². The minimum absolute atomic E-state index is 0.000128. The van der Waals surface area contributed by atoms with Gasteiger partial charge in [0.2, 0.25) is 0 Å². The van der Waals surface area contributed by atoms with Crippen LogP contribution in [0.3, 0.4) is 0 Å². The summed E-state index contributed by atoms with van der Waals surface area (Å²) in [6.45, 7) is 2.42. The van der Waals surface area contributed by atoms with E-state index in [1.165, 1.54) is 10.9 Å². The van der Waals surface area contributed by atoms with E-state index in [1.54, 1.807) is 12.1 Å². The Morgan fingerprint density at radius 2 is 2.00 bits per heavy atom. The Morgan fingerprint density at radius 1 is 1.37 bits per heavy atom. The van der Waals surface area contributed by atoms with Crippen molar-refractivity contribution < 1.29 is 8.42 Å². The molecule has 0 saturated carbocycles. The van der Waals surface area contributed by atoms with E-state index in [4.69, 9.17) is 5.73 Å². The highest BCUT2D eigenvalue weighted by molar-refractivity contribution is 14.1. The summed E-state index contributed by atoms with van der Waals surface area (Å²) in [6, 6.07) is 7.02. The first-order valence-electron chi connectivity index (χ1n) is 5.53. The molecule has 0 fully saturated rings. The predicted octanol–water partition coefficient (Wildman–Crippen LogP) is 1.89. The van der Waals surface area contributed by atoms with Crippen molar-refractivity contribution in [3.63, 3.8) is 0 Å². The molecule has 8 heteroatoms. The number of halogens is 1. The molecule has 0 aliphatic rings. The van der Waals surface area contributed by atoms with E-state index >= 15 is 0 Å². The number of anilines is 2. The number of sulfonamides is 1. The zero-order valence-corrected chi connectivity index (χ0v) is 13.1. The number of hydrogen-bond acceptors (Lipinski definition) is 4. The molecule has 6 nitrogen and oxygen atoms in total. The molecule has 0 spiro atoms. The standard InChI is InChI=1S/C11H13IN4O2S/c1-2-16-7-10(11(13)14-16)19(17,18)15-9-5-3-8(12)4-6-9/h3-7,15H,2H2,1H3,(H2,13,14). The number of aromatic nitrogens is 2. The molecule has 0 radical (unpaired) electrons. The SMILES string of the molecule is CCn1cc(S(=O)(=O)Nc2ccc(I)cc2)c(N)n1. The lowest BCUT2D eigenvalue weighted by molar-refractivity contribution is 0.600. The highest BCUT2D eigenvalue weighted by atomic mass is 127. The third-order valence-corrected chi connectivity index (χ3v) is 4.58. The zero-order chi connectivity index (χ0) is 14.0. The van der Waals surface area contributed by atoms with Gasteiger partial charge in [-0.3, -0.25) is 9.40 Å². The molecule has 0 amide bonds. The molecular formula is C11H13IN4O2S. The number of rotatable bonds is 4. The number of nitrogen functional groups attached to an aromatic ring is 1. The largest absolute Gasteiger partial charge is 0.381 e. The summed E-state index contributed by atoms with van der Waals surface area (Å²) >= 11 is 2.15. The highest BCUT2D eigenvalue weighted by Gasteiger charge is 2.21. The van der Waals surface area contributed by atoms with Gasteiger partial charge in [0.25, 0.3) is 10.0 Å². The molecule has 1 heterocycles. The van der Waals surface area contributed by atoms with Crippen molar-refractivity contribution >= 4 is 44.1 Å². The van der Waals surface area contributed by atoms with Gasteiger partial charge in [-0.2, -0.15) is 5.10 Å². The van der Waals surface area contributed by atoms with Gasteiger partial charge >= 0.3 is 0 Å². The number of aryl methyl sites for hydroxylation is 1. The van der Waals surface area contributed by atoms with Gasteiger partial charge in [-0.05, 0) is 53.8 Å². The van der Waals surface area contributed by atoms with E-state index in [0.717, 1.165) is 3.57 Å². The van der Waals surface area contributed by atoms with Crippen molar-refractivity contribution in [2.45, 2.75) is 18.4 Å². The lowest BCUT2D eigenvalue weighted by Crippen LogP contribution is -2.13. The Balaban J connectivity index is 2.31. The molecule has 0 unspecified atom stereocenters. The minimum Gasteiger partial charge on any atom is -0.381 e. The average molecular weight is 392 g/mol. The first-order valence-corrected chi connectivity index (χ1v) is 8.10. The summed E-state index contributed by atoms with van der Waals surface area (Å²) in [5.74, 6) is -0.000128. The highest BCUT2D eigenvalue weighted by Crippen LogP contribution is 2.21. The molecule has 0 atom stereocenters. The summed E-state index contributed by atoms with van der Waals surface area (Å²) < 4.78 is 29.4. The molecule has 0 aliphatic carbocycles. The van der Waals surface area contributed by atoms with E-state index in [9.17, 15) is 8.42 Å². The number of nitrogens with one attached hydrogen (secondary N) is 1. The Bertz CT molecular complexity index is 679. The summed E-state index contributed by atoms with van der Waals surface area (Å²) in [6.07, 6.45) is 1.42. The molecule has 2 aromatic rings. The van der Waals surface area contributed by atoms with Gasteiger partial charge in [0.15, 0.2) is 5.82 Å². The fraction of sp³-hybridized carbons (Fsp3) is 0.182. The Kier molecular flexibility index (Phi) is 3.99. The molecular weight excluding hydrogens is 379 g/mol. The van der Waals surface area contributed by atoms with E-state index in [0.29, 0.717) is 12.2 Å². The van der Waals surface area contributed by atoms with Gasteiger partial charge in [0, 0.05) is 22.0 Å². The third-order valence-electron chi connectivity index (χ3n) is 2.46. The van der Waals surface area contributed by atoms with Crippen molar-refractivity contribution in [1.82, 2.24) is 9.78 Å². The van der Waals surface area contributed by atoms with Gasteiger partial charge < -0.3 is 5.73 Å². The molecule has 0 saturated heterocycles. The molecule has 3 N–H and O–H groups in total. The van der Waals surface area contributed by atoms with Gasteiger partial charge in [0.1, 0.15) is 4.90 Å². The first-order chi connectivity index (χ1) is 8.92. The fourth-order valence-electron chi connectivity index (χ4n) is 1.52. The molecule has 1 aromatic heterocycles. The smallest absolute Gasteiger partial charge is 0.267 e. The van der Waals surface area contributed by atoms with E-state index in [2.05, 4.69) is 32.4 Å². The molecule has 0 bridgehead atoms. The van der Waals surface area contributed by atoms with Crippen LogP contribution in [-0.2, 0) is 16.6 Å². The Hall–Kier alpha value is -1.29. The second kappa shape index (κ2) is 5.37. The first kappa shape index (κ1) is 14.1.